The Hall–Kier alpha value is -2.60. The van der Waals surface area contributed by atoms with Gasteiger partial charge in [-0.25, -0.2) is 9.18 Å². The first-order chi connectivity index (χ1) is 11.5. The highest BCUT2D eigenvalue weighted by atomic mass is 35.5. The summed E-state index contributed by atoms with van der Waals surface area (Å²) in [6.45, 7) is -0.554. The molecular weight excluding hydrogens is 337 g/mol. The van der Waals surface area contributed by atoms with E-state index in [0.29, 0.717) is 10.8 Å². The van der Waals surface area contributed by atoms with Crippen LogP contribution in [0.3, 0.4) is 0 Å². The molecule has 0 aliphatic rings. The minimum absolute atomic E-state index is 0.238. The number of nitrogens with one attached hydrogen (secondary N) is 1. The van der Waals surface area contributed by atoms with Gasteiger partial charge >= 0.3 is 5.97 Å². The molecule has 24 heavy (non-hydrogen) atoms. The molecule has 0 heterocycles. The van der Waals surface area contributed by atoms with Crippen molar-refractivity contribution in [1.82, 2.24) is 5.32 Å². The molecule has 5 nitrogen and oxygen atoms in total. The molecule has 7 heteroatoms. The van der Waals surface area contributed by atoms with Gasteiger partial charge in [-0.1, -0.05) is 29.8 Å². The van der Waals surface area contributed by atoms with Gasteiger partial charge in [0.1, 0.15) is 11.6 Å². The molecule has 0 fully saturated rings. The van der Waals surface area contributed by atoms with E-state index in [-0.39, 0.29) is 13.2 Å². The minimum Gasteiger partial charge on any atom is -0.482 e. The van der Waals surface area contributed by atoms with Crippen LogP contribution in [0.15, 0.2) is 48.5 Å². The van der Waals surface area contributed by atoms with Crippen molar-refractivity contribution in [1.29, 1.82) is 0 Å². The molecule has 0 aliphatic carbocycles. The topological polar surface area (TPSA) is 64.6 Å². The first-order valence-electron chi connectivity index (χ1n) is 7.08. The number of amides is 1. The van der Waals surface area contributed by atoms with Gasteiger partial charge < -0.3 is 14.8 Å². The summed E-state index contributed by atoms with van der Waals surface area (Å²) in [5, 5.41) is 3.14. The zero-order valence-electron chi connectivity index (χ0n) is 12.6. The summed E-state index contributed by atoms with van der Waals surface area (Å²) in [4.78, 5) is 23.1. The Balaban J connectivity index is 1.66. The molecule has 2 aromatic rings. The van der Waals surface area contributed by atoms with E-state index in [9.17, 15) is 14.0 Å². The molecule has 1 amide bonds. The van der Waals surface area contributed by atoms with Crippen molar-refractivity contribution in [3.8, 4) is 5.75 Å². The molecular formula is C17H15ClFNO4. The summed E-state index contributed by atoms with van der Waals surface area (Å²) in [6.07, 6.45) is 0. The van der Waals surface area contributed by atoms with Gasteiger partial charge in [0, 0.05) is 11.6 Å². The molecule has 0 saturated carbocycles. The third-order valence-electron chi connectivity index (χ3n) is 2.97. The van der Waals surface area contributed by atoms with Crippen LogP contribution in [0.5, 0.6) is 5.75 Å². The van der Waals surface area contributed by atoms with Crippen molar-refractivity contribution in [2.24, 2.45) is 0 Å². The molecule has 0 radical (unpaired) electrons. The van der Waals surface area contributed by atoms with Crippen molar-refractivity contribution in [2.75, 3.05) is 13.2 Å². The molecule has 0 unspecified atom stereocenters. The number of hydrogen-bond acceptors (Lipinski definition) is 4. The van der Waals surface area contributed by atoms with Crippen LogP contribution in [-0.4, -0.2) is 25.1 Å². The maximum Gasteiger partial charge on any atom is 0.344 e. The minimum atomic E-state index is -0.702. The van der Waals surface area contributed by atoms with Gasteiger partial charge in [0.15, 0.2) is 13.2 Å². The summed E-state index contributed by atoms with van der Waals surface area (Å²) >= 11 is 5.97. The summed E-state index contributed by atoms with van der Waals surface area (Å²) in [5.41, 5.74) is 0.762. The Kier molecular flexibility index (Phi) is 6.57. The van der Waals surface area contributed by atoms with Crippen LogP contribution in [0.1, 0.15) is 5.56 Å². The van der Waals surface area contributed by atoms with E-state index in [4.69, 9.17) is 21.1 Å². The molecule has 126 valence electrons. The van der Waals surface area contributed by atoms with Crippen molar-refractivity contribution < 1.29 is 23.5 Å². The van der Waals surface area contributed by atoms with Crippen LogP contribution in [-0.2, 0) is 20.9 Å². The quantitative estimate of drug-likeness (QED) is 0.779. The molecule has 0 aromatic heterocycles. The van der Waals surface area contributed by atoms with Crippen molar-refractivity contribution >= 4 is 23.5 Å². The molecule has 0 aliphatic heterocycles. The van der Waals surface area contributed by atoms with E-state index in [1.54, 1.807) is 24.3 Å². The molecule has 1 N–H and O–H groups in total. The highest BCUT2D eigenvalue weighted by Gasteiger charge is 2.09. The lowest BCUT2D eigenvalue weighted by Gasteiger charge is -2.08. The van der Waals surface area contributed by atoms with Crippen LogP contribution in [0.2, 0.25) is 5.02 Å². The smallest absolute Gasteiger partial charge is 0.344 e. The van der Waals surface area contributed by atoms with Crippen LogP contribution in [0, 0.1) is 5.82 Å². The van der Waals surface area contributed by atoms with Gasteiger partial charge in [-0.3, -0.25) is 4.79 Å². The van der Waals surface area contributed by atoms with Crippen LogP contribution < -0.4 is 10.1 Å². The van der Waals surface area contributed by atoms with Crippen LogP contribution in [0.4, 0.5) is 4.39 Å². The number of esters is 1. The fourth-order valence-electron chi connectivity index (χ4n) is 1.75. The van der Waals surface area contributed by atoms with E-state index in [2.05, 4.69) is 5.32 Å². The SMILES string of the molecule is O=C(COC(=O)COc1ccc(F)cc1)NCc1ccccc1Cl. The van der Waals surface area contributed by atoms with E-state index in [0.717, 1.165) is 5.56 Å². The van der Waals surface area contributed by atoms with Gasteiger partial charge in [0.05, 0.1) is 0 Å². The second-order valence-corrected chi connectivity index (χ2v) is 5.18. The monoisotopic (exact) mass is 351 g/mol. The fourth-order valence-corrected chi connectivity index (χ4v) is 1.95. The summed E-state index contributed by atoms with van der Waals surface area (Å²) in [5.74, 6) is -1.23. The third-order valence-corrected chi connectivity index (χ3v) is 3.34. The predicted octanol–water partition coefficient (Wildman–Crippen LogP) is 2.72. The third kappa shape index (κ3) is 5.89. The summed E-state index contributed by atoms with van der Waals surface area (Å²) in [6, 6.07) is 12.3. The number of carbonyl (C=O) groups is 2. The van der Waals surface area contributed by atoms with Crippen LogP contribution >= 0.6 is 11.6 Å². The lowest BCUT2D eigenvalue weighted by Crippen LogP contribution is -2.29. The average Bonchev–Trinajstić information content (AvgIpc) is 2.58. The maximum absolute atomic E-state index is 12.7. The first-order valence-corrected chi connectivity index (χ1v) is 7.46. The largest absolute Gasteiger partial charge is 0.482 e. The first kappa shape index (κ1) is 17.7. The highest BCUT2D eigenvalue weighted by Crippen LogP contribution is 2.14. The molecule has 0 saturated heterocycles. The number of hydrogen-bond donors (Lipinski definition) is 1. The number of halogens is 2. The van der Waals surface area contributed by atoms with Gasteiger partial charge in [-0.05, 0) is 35.9 Å². The number of rotatable bonds is 7. The zero-order valence-corrected chi connectivity index (χ0v) is 13.4. The zero-order chi connectivity index (χ0) is 17.4. The number of benzene rings is 2. The Morgan fingerprint density at radius 1 is 1.04 bits per heavy atom. The van der Waals surface area contributed by atoms with Crippen LogP contribution in [0.25, 0.3) is 0 Å². The van der Waals surface area contributed by atoms with E-state index < -0.39 is 24.3 Å². The molecule has 2 aromatic carbocycles. The summed E-state index contributed by atoms with van der Waals surface area (Å²) in [7, 11) is 0. The predicted molar refractivity (Wildman–Crippen MR) is 86.2 cm³/mol. The number of carbonyl (C=O) groups excluding carboxylic acids is 2. The number of ether oxygens (including phenoxy) is 2. The lowest BCUT2D eigenvalue weighted by atomic mass is 10.2. The van der Waals surface area contributed by atoms with Gasteiger partial charge in [0.2, 0.25) is 0 Å². The lowest BCUT2D eigenvalue weighted by molar-refractivity contribution is -0.150. The van der Waals surface area contributed by atoms with Crippen molar-refractivity contribution in [2.45, 2.75) is 6.54 Å². The molecule has 0 spiro atoms. The fraction of sp³-hybridized carbons (Fsp3) is 0.176. The van der Waals surface area contributed by atoms with Crippen molar-refractivity contribution in [3.05, 3.63) is 64.9 Å². The van der Waals surface area contributed by atoms with E-state index in [1.807, 2.05) is 0 Å². The molecule has 0 atom stereocenters. The Labute approximate surface area is 143 Å². The maximum atomic E-state index is 12.7. The van der Waals surface area contributed by atoms with Gasteiger partial charge in [0.25, 0.3) is 5.91 Å². The van der Waals surface area contributed by atoms with Gasteiger partial charge in [-0.15, -0.1) is 0 Å². The second kappa shape index (κ2) is 8.88. The van der Waals surface area contributed by atoms with E-state index in [1.165, 1.54) is 24.3 Å². The Morgan fingerprint density at radius 3 is 2.46 bits per heavy atom. The summed E-state index contributed by atoms with van der Waals surface area (Å²) < 4.78 is 22.6. The average molecular weight is 352 g/mol. The van der Waals surface area contributed by atoms with Crippen molar-refractivity contribution in [3.63, 3.8) is 0 Å². The Morgan fingerprint density at radius 2 is 1.75 bits per heavy atom. The van der Waals surface area contributed by atoms with E-state index >= 15 is 0 Å². The normalized spacial score (nSPS) is 10.1. The molecule has 0 bridgehead atoms. The van der Waals surface area contributed by atoms with Gasteiger partial charge in [-0.2, -0.15) is 0 Å². The highest BCUT2D eigenvalue weighted by molar-refractivity contribution is 6.31. The Bertz CT molecular complexity index is 706. The second-order valence-electron chi connectivity index (χ2n) is 4.77. The molecule has 2 rings (SSSR count). The standard InChI is InChI=1S/C17H15ClFNO4/c18-15-4-2-1-3-12(15)9-20-16(21)10-24-17(22)11-23-14-7-5-13(19)6-8-14/h1-8H,9-11H2,(H,20,21).